The van der Waals surface area contributed by atoms with Crippen LogP contribution in [0.3, 0.4) is 0 Å². The first-order valence-corrected chi connectivity index (χ1v) is 7.68. The molecule has 2 aromatic rings. The third-order valence-electron chi connectivity index (χ3n) is 3.81. The van der Waals surface area contributed by atoms with Crippen LogP contribution in [0.2, 0.25) is 0 Å². The van der Waals surface area contributed by atoms with Gasteiger partial charge in [0.1, 0.15) is 5.82 Å². The molecule has 1 amide bonds. The van der Waals surface area contributed by atoms with Crippen molar-refractivity contribution in [2.75, 3.05) is 35.7 Å². The standard InChI is InChI=1S/C17H20N4O2/c1-23-17(22)20-14-6-9-16(18-12-14)19-13-4-7-15(8-5-13)21-10-2-3-11-21/h4-9,12H,2-3,10-11H2,1H3,(H,18,19)(H,20,22). The topological polar surface area (TPSA) is 66.5 Å². The average Bonchev–Trinajstić information content (AvgIpc) is 3.12. The van der Waals surface area contributed by atoms with Gasteiger partial charge in [0.15, 0.2) is 0 Å². The Balaban J connectivity index is 1.61. The summed E-state index contributed by atoms with van der Waals surface area (Å²) in [5.41, 5.74) is 2.83. The Morgan fingerprint density at radius 1 is 1.09 bits per heavy atom. The van der Waals surface area contributed by atoms with E-state index in [0.717, 1.165) is 18.8 Å². The molecule has 1 aliphatic heterocycles. The van der Waals surface area contributed by atoms with Crippen LogP contribution < -0.4 is 15.5 Å². The maximum absolute atomic E-state index is 11.1. The van der Waals surface area contributed by atoms with E-state index in [4.69, 9.17) is 0 Å². The highest BCUT2D eigenvalue weighted by Crippen LogP contribution is 2.23. The minimum atomic E-state index is -0.509. The van der Waals surface area contributed by atoms with Crippen LogP contribution in [0.1, 0.15) is 12.8 Å². The average molecular weight is 312 g/mol. The number of anilines is 4. The number of carbonyl (C=O) groups is 1. The molecule has 1 saturated heterocycles. The second-order valence-corrected chi connectivity index (χ2v) is 5.41. The maximum atomic E-state index is 11.1. The van der Waals surface area contributed by atoms with Crippen LogP contribution in [-0.2, 0) is 4.74 Å². The Morgan fingerprint density at radius 2 is 1.78 bits per heavy atom. The van der Waals surface area contributed by atoms with Crippen molar-refractivity contribution in [1.82, 2.24) is 4.98 Å². The number of aromatic nitrogens is 1. The summed E-state index contributed by atoms with van der Waals surface area (Å²) >= 11 is 0. The van der Waals surface area contributed by atoms with Crippen molar-refractivity contribution < 1.29 is 9.53 Å². The molecule has 0 aliphatic carbocycles. The van der Waals surface area contributed by atoms with E-state index in [1.807, 2.05) is 0 Å². The molecule has 2 heterocycles. The van der Waals surface area contributed by atoms with Gasteiger partial charge in [0.2, 0.25) is 0 Å². The van der Waals surface area contributed by atoms with Crippen LogP contribution in [-0.4, -0.2) is 31.3 Å². The van der Waals surface area contributed by atoms with Crippen molar-refractivity contribution in [3.63, 3.8) is 0 Å². The lowest BCUT2D eigenvalue weighted by Crippen LogP contribution is -2.17. The molecule has 2 N–H and O–H groups in total. The molecule has 0 spiro atoms. The van der Waals surface area contributed by atoms with Crippen LogP contribution in [0.15, 0.2) is 42.6 Å². The van der Waals surface area contributed by atoms with Gasteiger partial charge in [-0.2, -0.15) is 0 Å². The Labute approximate surface area is 135 Å². The molecule has 23 heavy (non-hydrogen) atoms. The number of amides is 1. The number of nitrogens with zero attached hydrogens (tertiary/aromatic N) is 2. The fourth-order valence-corrected chi connectivity index (χ4v) is 2.59. The number of hydrogen-bond donors (Lipinski definition) is 2. The normalized spacial score (nSPS) is 13.7. The molecule has 0 atom stereocenters. The van der Waals surface area contributed by atoms with Crippen LogP contribution in [0.4, 0.5) is 27.7 Å². The quantitative estimate of drug-likeness (QED) is 0.903. The molecule has 1 aliphatic rings. The lowest BCUT2D eigenvalue weighted by molar-refractivity contribution is 0.187. The van der Waals surface area contributed by atoms with E-state index < -0.39 is 6.09 Å². The molecule has 3 rings (SSSR count). The molecule has 1 aromatic heterocycles. The SMILES string of the molecule is COC(=O)Nc1ccc(Nc2ccc(N3CCCC3)cc2)nc1. The molecule has 6 heteroatoms. The van der Waals surface area contributed by atoms with Crippen LogP contribution >= 0.6 is 0 Å². The summed E-state index contributed by atoms with van der Waals surface area (Å²) < 4.78 is 4.54. The number of pyridine rings is 1. The van der Waals surface area contributed by atoms with Crippen molar-refractivity contribution in [3.8, 4) is 0 Å². The van der Waals surface area contributed by atoms with Crippen LogP contribution in [0.5, 0.6) is 0 Å². The molecule has 0 radical (unpaired) electrons. The second kappa shape index (κ2) is 7.00. The second-order valence-electron chi connectivity index (χ2n) is 5.41. The first-order chi connectivity index (χ1) is 11.2. The molecular weight excluding hydrogens is 292 g/mol. The smallest absolute Gasteiger partial charge is 0.411 e. The molecule has 0 unspecified atom stereocenters. The number of ether oxygens (including phenoxy) is 1. The number of rotatable bonds is 4. The van der Waals surface area contributed by atoms with E-state index in [1.165, 1.54) is 25.6 Å². The largest absolute Gasteiger partial charge is 0.453 e. The molecule has 1 aromatic carbocycles. The monoisotopic (exact) mass is 312 g/mol. The highest BCUT2D eigenvalue weighted by Gasteiger charge is 2.11. The van der Waals surface area contributed by atoms with Gasteiger partial charge in [0.25, 0.3) is 0 Å². The van der Waals surface area contributed by atoms with E-state index >= 15 is 0 Å². The zero-order chi connectivity index (χ0) is 16.1. The zero-order valence-corrected chi connectivity index (χ0v) is 13.1. The zero-order valence-electron chi connectivity index (χ0n) is 13.1. The summed E-state index contributed by atoms with van der Waals surface area (Å²) in [6, 6.07) is 11.9. The molecule has 1 fully saturated rings. The summed E-state index contributed by atoms with van der Waals surface area (Å²) in [6.07, 6.45) is 3.62. The summed E-state index contributed by atoms with van der Waals surface area (Å²) in [5.74, 6) is 0.717. The number of nitrogens with one attached hydrogen (secondary N) is 2. The van der Waals surface area contributed by atoms with Gasteiger partial charge in [-0.15, -0.1) is 0 Å². The fourth-order valence-electron chi connectivity index (χ4n) is 2.59. The van der Waals surface area contributed by atoms with Gasteiger partial charge in [0, 0.05) is 24.5 Å². The van der Waals surface area contributed by atoms with E-state index in [2.05, 4.69) is 49.5 Å². The van der Waals surface area contributed by atoms with Gasteiger partial charge in [-0.3, -0.25) is 5.32 Å². The highest BCUT2D eigenvalue weighted by atomic mass is 16.5. The molecule has 0 bridgehead atoms. The van der Waals surface area contributed by atoms with Gasteiger partial charge in [0.05, 0.1) is 19.0 Å². The Kier molecular flexibility index (Phi) is 4.61. The molecule has 6 nitrogen and oxygen atoms in total. The lowest BCUT2D eigenvalue weighted by Gasteiger charge is -2.17. The van der Waals surface area contributed by atoms with Crippen molar-refractivity contribution in [2.24, 2.45) is 0 Å². The number of benzene rings is 1. The van der Waals surface area contributed by atoms with E-state index in [0.29, 0.717) is 11.5 Å². The van der Waals surface area contributed by atoms with Gasteiger partial charge < -0.3 is 15.0 Å². The van der Waals surface area contributed by atoms with Gasteiger partial charge in [-0.1, -0.05) is 0 Å². The summed E-state index contributed by atoms with van der Waals surface area (Å²) in [6.45, 7) is 2.28. The molecule has 0 saturated carbocycles. The Bertz CT molecular complexity index is 649. The van der Waals surface area contributed by atoms with E-state index in [1.54, 1.807) is 18.3 Å². The minimum absolute atomic E-state index is 0.509. The first-order valence-electron chi connectivity index (χ1n) is 7.68. The third-order valence-corrected chi connectivity index (χ3v) is 3.81. The molecular formula is C17H20N4O2. The van der Waals surface area contributed by atoms with Crippen LogP contribution in [0, 0.1) is 0 Å². The van der Waals surface area contributed by atoms with Crippen LogP contribution in [0.25, 0.3) is 0 Å². The minimum Gasteiger partial charge on any atom is -0.453 e. The number of hydrogen-bond acceptors (Lipinski definition) is 5. The van der Waals surface area contributed by atoms with Crippen molar-refractivity contribution in [2.45, 2.75) is 12.8 Å². The molecule has 120 valence electrons. The van der Waals surface area contributed by atoms with Crippen molar-refractivity contribution in [1.29, 1.82) is 0 Å². The summed E-state index contributed by atoms with van der Waals surface area (Å²) in [4.78, 5) is 17.8. The summed E-state index contributed by atoms with van der Waals surface area (Å²) in [7, 11) is 1.32. The van der Waals surface area contributed by atoms with Crippen molar-refractivity contribution in [3.05, 3.63) is 42.6 Å². The predicted octanol–water partition coefficient (Wildman–Crippen LogP) is 3.60. The van der Waals surface area contributed by atoms with Crippen molar-refractivity contribution >= 4 is 29.0 Å². The number of carbonyl (C=O) groups excluding carboxylic acids is 1. The fraction of sp³-hybridized carbons (Fsp3) is 0.294. The van der Waals surface area contributed by atoms with E-state index in [9.17, 15) is 4.79 Å². The number of methoxy groups -OCH3 is 1. The van der Waals surface area contributed by atoms with Gasteiger partial charge in [-0.25, -0.2) is 9.78 Å². The van der Waals surface area contributed by atoms with Gasteiger partial charge in [-0.05, 0) is 49.2 Å². The first kappa shape index (κ1) is 15.1. The third kappa shape index (κ3) is 3.91. The Hall–Kier alpha value is -2.76. The van der Waals surface area contributed by atoms with E-state index in [-0.39, 0.29) is 0 Å². The predicted molar refractivity (Wildman–Crippen MR) is 91.4 cm³/mol. The Morgan fingerprint density at radius 3 is 2.39 bits per heavy atom. The summed E-state index contributed by atoms with van der Waals surface area (Å²) in [5, 5.41) is 5.81. The van der Waals surface area contributed by atoms with Gasteiger partial charge >= 0.3 is 6.09 Å². The lowest BCUT2D eigenvalue weighted by atomic mass is 10.2. The highest BCUT2D eigenvalue weighted by molar-refractivity contribution is 5.84. The maximum Gasteiger partial charge on any atom is 0.411 e.